The van der Waals surface area contributed by atoms with Crippen molar-refractivity contribution in [1.29, 1.82) is 0 Å². The minimum absolute atomic E-state index is 0. The third kappa shape index (κ3) is 7.92. The largest absolute Gasteiger partial charge is 0.460 e. The molecule has 1 amide bonds. The molecule has 1 aromatic heterocycles. The van der Waals surface area contributed by atoms with Crippen molar-refractivity contribution in [2.24, 2.45) is 0 Å². The predicted molar refractivity (Wildman–Crippen MR) is 160 cm³/mol. The highest BCUT2D eigenvalue weighted by Crippen LogP contribution is 2.26. The second kappa shape index (κ2) is 13.1. The fraction of sp³-hybridized carbons (Fsp3) is 0.444. The Bertz CT molecular complexity index is 1460. The molecule has 0 aliphatic carbocycles. The van der Waals surface area contributed by atoms with Crippen molar-refractivity contribution >= 4 is 68.0 Å². The summed E-state index contributed by atoms with van der Waals surface area (Å²) >= 11 is 7.45. The average molecular weight is 630 g/mol. The lowest BCUT2D eigenvalue weighted by molar-refractivity contribution is -0.151. The van der Waals surface area contributed by atoms with E-state index in [1.54, 1.807) is 29.2 Å². The average Bonchev–Trinajstić information content (AvgIpc) is 3.31. The topological polar surface area (TPSA) is 109 Å². The van der Waals surface area contributed by atoms with E-state index in [0.717, 1.165) is 40.9 Å². The van der Waals surface area contributed by atoms with Crippen LogP contribution in [-0.4, -0.2) is 72.8 Å². The number of ether oxygens (including phenoxy) is 1. The van der Waals surface area contributed by atoms with E-state index in [-0.39, 0.29) is 47.9 Å². The fourth-order valence-electron chi connectivity index (χ4n) is 4.42. The molecule has 0 spiro atoms. The number of nitrogens with one attached hydrogen (secondary N) is 1. The van der Waals surface area contributed by atoms with E-state index in [4.69, 9.17) is 16.3 Å². The molecule has 0 unspecified atom stereocenters. The summed E-state index contributed by atoms with van der Waals surface area (Å²) in [6.45, 7) is 9.79. The van der Waals surface area contributed by atoms with Crippen molar-refractivity contribution in [2.75, 3.05) is 32.7 Å². The second-order valence-electron chi connectivity index (χ2n) is 10.4. The van der Waals surface area contributed by atoms with Crippen LogP contribution in [0.3, 0.4) is 0 Å². The van der Waals surface area contributed by atoms with Gasteiger partial charge in [-0.1, -0.05) is 23.7 Å². The molecule has 2 aliphatic heterocycles. The summed E-state index contributed by atoms with van der Waals surface area (Å²) < 4.78 is 32.6. The number of sulfonamides is 1. The van der Waals surface area contributed by atoms with E-state index >= 15 is 0 Å². The van der Waals surface area contributed by atoms with Crippen LogP contribution in [0, 0.1) is 0 Å². The van der Waals surface area contributed by atoms with Crippen LogP contribution in [0.5, 0.6) is 0 Å². The number of rotatable bonds is 3. The minimum Gasteiger partial charge on any atom is -0.460 e. The van der Waals surface area contributed by atoms with Gasteiger partial charge in [-0.05, 0) is 55.8 Å². The molecule has 0 radical (unpaired) electrons. The van der Waals surface area contributed by atoms with Crippen molar-refractivity contribution in [1.82, 2.24) is 19.5 Å². The molecule has 0 saturated carbocycles. The number of esters is 1. The summed E-state index contributed by atoms with van der Waals surface area (Å²) in [5.74, 6) is -0.337. The van der Waals surface area contributed by atoms with Gasteiger partial charge in [0.2, 0.25) is 10.0 Å². The molecule has 0 atom stereocenters. The molecule has 218 valence electrons. The molecule has 3 aromatic rings. The Morgan fingerprint density at radius 2 is 1.70 bits per heavy atom. The third-order valence-corrected chi connectivity index (χ3v) is 9.39. The molecule has 5 rings (SSSR count). The first kappa shape index (κ1) is 32.2. The fourth-order valence-corrected chi connectivity index (χ4v) is 7.10. The number of aromatic nitrogens is 1. The van der Waals surface area contributed by atoms with Crippen LogP contribution in [-0.2, 0) is 32.5 Å². The maximum atomic E-state index is 13.2. The first-order chi connectivity index (χ1) is 18.3. The van der Waals surface area contributed by atoms with Gasteiger partial charge in [0, 0.05) is 62.5 Å². The lowest BCUT2D eigenvalue weighted by Gasteiger charge is -2.33. The molecule has 40 heavy (non-hydrogen) atoms. The number of carbonyl (C=O) groups excluding carboxylic acids is 2. The van der Waals surface area contributed by atoms with E-state index in [0.29, 0.717) is 23.1 Å². The van der Waals surface area contributed by atoms with Crippen LogP contribution < -0.4 is 5.32 Å². The first-order valence-electron chi connectivity index (χ1n) is 12.7. The highest BCUT2D eigenvalue weighted by Gasteiger charge is 2.32. The smallest absolute Gasteiger partial charge is 0.303 e. The number of amides is 1. The Balaban J connectivity index is 0.000000431. The van der Waals surface area contributed by atoms with E-state index in [1.165, 1.54) is 22.6 Å². The molecule has 2 aromatic carbocycles. The summed E-state index contributed by atoms with van der Waals surface area (Å²) in [4.78, 5) is 30.7. The summed E-state index contributed by atoms with van der Waals surface area (Å²) in [5.41, 5.74) is 0.678. The highest BCUT2D eigenvalue weighted by molar-refractivity contribution is 7.89. The molecular formula is C27H34Cl2N4O5S2. The number of benzene rings is 2. The van der Waals surface area contributed by atoms with E-state index in [2.05, 4.69) is 10.3 Å². The van der Waals surface area contributed by atoms with Gasteiger partial charge in [-0.2, -0.15) is 4.31 Å². The molecule has 9 nitrogen and oxygen atoms in total. The lowest BCUT2D eigenvalue weighted by atomic mass is 10.1. The Morgan fingerprint density at radius 3 is 2.30 bits per heavy atom. The molecule has 2 aliphatic rings. The standard InChI is InChI=1S/C21H21ClN4O3S2.C6H12O2.ClH/c22-16-3-1-15-12-17(4-2-14(15)11-16)31(28,29)26-9-7-25(8-10-26)21(27)20-24-18-5-6-23-13-19(18)30-20;1-5(7)8-6(2,3)4;/h1-4,11-12,23H,5-10,13H2;1-4H3;1H. The highest BCUT2D eigenvalue weighted by atomic mass is 35.5. The Kier molecular flexibility index (Phi) is 10.6. The van der Waals surface area contributed by atoms with E-state index in [9.17, 15) is 18.0 Å². The van der Waals surface area contributed by atoms with Crippen LogP contribution in [0.25, 0.3) is 10.8 Å². The monoisotopic (exact) mass is 628 g/mol. The van der Waals surface area contributed by atoms with Crippen LogP contribution in [0.1, 0.15) is 48.1 Å². The quantitative estimate of drug-likeness (QED) is 0.425. The van der Waals surface area contributed by atoms with Crippen molar-refractivity contribution < 1.29 is 22.7 Å². The molecule has 13 heteroatoms. The number of hydrogen-bond donors (Lipinski definition) is 1. The minimum atomic E-state index is -3.64. The SMILES string of the molecule is CC(=O)OC(C)(C)C.Cl.O=C(c1nc2c(s1)CNCC2)N1CCN(S(=O)(=O)c2ccc3cc(Cl)ccc3c2)CC1. The molecule has 1 fully saturated rings. The number of carbonyl (C=O) groups is 2. The van der Waals surface area contributed by atoms with Gasteiger partial charge < -0.3 is 15.0 Å². The van der Waals surface area contributed by atoms with Crippen molar-refractivity contribution in [3.63, 3.8) is 0 Å². The Morgan fingerprint density at radius 1 is 1.05 bits per heavy atom. The third-order valence-electron chi connectivity index (χ3n) is 6.17. The summed E-state index contributed by atoms with van der Waals surface area (Å²) in [6.07, 6.45) is 0.836. The van der Waals surface area contributed by atoms with Crippen LogP contribution in [0.15, 0.2) is 41.3 Å². The second-order valence-corrected chi connectivity index (χ2v) is 13.8. The van der Waals surface area contributed by atoms with Crippen LogP contribution in [0.2, 0.25) is 5.02 Å². The number of thiazole rings is 1. The molecular weight excluding hydrogens is 595 g/mol. The zero-order chi connectivity index (χ0) is 28.4. The van der Waals surface area contributed by atoms with Crippen LogP contribution >= 0.6 is 35.3 Å². The zero-order valence-corrected chi connectivity index (χ0v) is 26.1. The number of piperazine rings is 1. The summed E-state index contributed by atoms with van der Waals surface area (Å²) in [5, 5.41) is 6.11. The maximum absolute atomic E-state index is 13.2. The molecule has 1 N–H and O–H groups in total. The van der Waals surface area contributed by atoms with Gasteiger partial charge in [0.25, 0.3) is 5.91 Å². The van der Waals surface area contributed by atoms with Gasteiger partial charge in [-0.3, -0.25) is 9.59 Å². The van der Waals surface area contributed by atoms with Crippen LogP contribution in [0.4, 0.5) is 0 Å². The number of halogens is 2. The van der Waals surface area contributed by atoms with E-state index < -0.39 is 10.0 Å². The normalized spacial score (nSPS) is 15.9. The van der Waals surface area contributed by atoms with Crippen molar-refractivity contribution in [2.45, 2.75) is 51.2 Å². The van der Waals surface area contributed by atoms with Gasteiger partial charge in [0.15, 0.2) is 5.01 Å². The Hall–Kier alpha value is -2.28. The van der Waals surface area contributed by atoms with Gasteiger partial charge in [0.1, 0.15) is 5.60 Å². The predicted octanol–water partition coefficient (Wildman–Crippen LogP) is 4.51. The number of nitrogens with zero attached hydrogens (tertiary/aromatic N) is 3. The molecule has 1 saturated heterocycles. The van der Waals surface area contributed by atoms with Gasteiger partial charge in [-0.25, -0.2) is 13.4 Å². The lowest BCUT2D eigenvalue weighted by Crippen LogP contribution is -2.50. The zero-order valence-electron chi connectivity index (χ0n) is 22.9. The molecule has 3 heterocycles. The van der Waals surface area contributed by atoms with Gasteiger partial charge in [0.05, 0.1) is 10.6 Å². The van der Waals surface area contributed by atoms with Crippen molar-refractivity contribution in [3.05, 3.63) is 57.0 Å². The number of fused-ring (bicyclic) bond motifs is 2. The van der Waals surface area contributed by atoms with Gasteiger partial charge in [-0.15, -0.1) is 23.7 Å². The molecule has 0 bridgehead atoms. The number of hydrogen-bond acceptors (Lipinski definition) is 8. The van der Waals surface area contributed by atoms with Crippen molar-refractivity contribution in [3.8, 4) is 0 Å². The van der Waals surface area contributed by atoms with Gasteiger partial charge >= 0.3 is 5.97 Å². The first-order valence-corrected chi connectivity index (χ1v) is 15.3. The summed E-state index contributed by atoms with van der Waals surface area (Å²) in [7, 11) is -3.64. The van der Waals surface area contributed by atoms with E-state index in [1.807, 2.05) is 32.9 Å². The maximum Gasteiger partial charge on any atom is 0.303 e. The summed E-state index contributed by atoms with van der Waals surface area (Å²) in [6, 6.07) is 10.4. The Labute approximate surface area is 250 Å².